The van der Waals surface area contributed by atoms with Crippen LogP contribution in [0.1, 0.15) is 36.7 Å². The number of tetrazole rings is 1. The van der Waals surface area contributed by atoms with E-state index < -0.39 is 0 Å². The second-order valence-corrected chi connectivity index (χ2v) is 5.04. The van der Waals surface area contributed by atoms with Crippen molar-refractivity contribution in [3.8, 4) is 0 Å². The zero-order valence-electron chi connectivity index (χ0n) is 11.0. The Hall–Kier alpha value is -1.75. The van der Waals surface area contributed by atoms with Gasteiger partial charge in [-0.25, -0.2) is 0 Å². The Morgan fingerprint density at radius 1 is 1.21 bits per heavy atom. The minimum atomic E-state index is 0.543. The fraction of sp³-hybridized carbons (Fsp3) is 0.500. The van der Waals surface area contributed by atoms with Crippen LogP contribution in [-0.4, -0.2) is 38.6 Å². The Morgan fingerprint density at radius 3 is 2.89 bits per heavy atom. The Morgan fingerprint density at radius 2 is 2.11 bits per heavy atom. The lowest BCUT2D eigenvalue weighted by atomic mass is 9.95. The van der Waals surface area contributed by atoms with E-state index in [9.17, 15) is 0 Å². The van der Waals surface area contributed by atoms with Crippen LogP contribution in [-0.2, 0) is 6.42 Å². The van der Waals surface area contributed by atoms with Gasteiger partial charge in [-0.3, -0.25) is 4.90 Å². The van der Waals surface area contributed by atoms with E-state index in [1.807, 2.05) is 0 Å². The maximum atomic E-state index is 4.02. The number of nitrogens with one attached hydrogen (secondary N) is 1. The third-order valence-corrected chi connectivity index (χ3v) is 3.81. The van der Waals surface area contributed by atoms with Crippen molar-refractivity contribution in [2.45, 2.75) is 31.7 Å². The van der Waals surface area contributed by atoms with E-state index in [1.165, 1.54) is 24.8 Å². The second kappa shape index (κ2) is 5.93. The minimum absolute atomic E-state index is 0.543. The predicted molar refractivity (Wildman–Crippen MR) is 72.5 cm³/mol. The summed E-state index contributed by atoms with van der Waals surface area (Å²) in [5.74, 6) is 0.803. The first kappa shape index (κ1) is 12.3. The summed E-state index contributed by atoms with van der Waals surface area (Å²) in [5.41, 5.74) is 1.43. The lowest BCUT2D eigenvalue weighted by Crippen LogP contribution is -2.35. The first-order valence-electron chi connectivity index (χ1n) is 6.95. The zero-order valence-corrected chi connectivity index (χ0v) is 11.0. The molecule has 19 heavy (non-hydrogen) atoms. The molecule has 5 heteroatoms. The van der Waals surface area contributed by atoms with Gasteiger partial charge in [0, 0.05) is 19.0 Å². The van der Waals surface area contributed by atoms with Crippen LogP contribution in [0.4, 0.5) is 0 Å². The maximum absolute atomic E-state index is 4.02. The van der Waals surface area contributed by atoms with Crippen molar-refractivity contribution >= 4 is 0 Å². The standard InChI is InChI=1S/C14H19N5/c1-2-6-12(7-3-1)13-8-4-5-10-19(13)11-9-14-15-17-18-16-14/h1-3,6-7,13H,4-5,8-11H2,(H,15,16,17,18). The molecule has 0 amide bonds. The summed E-state index contributed by atoms with van der Waals surface area (Å²) in [6.07, 6.45) is 4.71. The molecule has 0 spiro atoms. The van der Waals surface area contributed by atoms with Gasteiger partial charge < -0.3 is 0 Å². The molecule has 1 aliphatic rings. The van der Waals surface area contributed by atoms with Gasteiger partial charge in [0.1, 0.15) is 0 Å². The van der Waals surface area contributed by atoms with Crippen LogP contribution in [0.2, 0.25) is 0 Å². The summed E-state index contributed by atoms with van der Waals surface area (Å²) in [4.78, 5) is 2.55. The van der Waals surface area contributed by atoms with E-state index in [4.69, 9.17) is 0 Å². The molecule has 1 saturated heterocycles. The van der Waals surface area contributed by atoms with Crippen molar-refractivity contribution in [1.29, 1.82) is 0 Å². The Bertz CT molecular complexity index is 482. The quantitative estimate of drug-likeness (QED) is 0.909. The number of nitrogens with zero attached hydrogens (tertiary/aromatic N) is 4. The molecular weight excluding hydrogens is 238 g/mol. The largest absolute Gasteiger partial charge is 0.296 e. The average Bonchev–Trinajstić information content (AvgIpc) is 3.00. The minimum Gasteiger partial charge on any atom is -0.296 e. The number of piperidine rings is 1. The second-order valence-electron chi connectivity index (χ2n) is 5.04. The van der Waals surface area contributed by atoms with Gasteiger partial charge in [0.2, 0.25) is 0 Å². The van der Waals surface area contributed by atoms with Gasteiger partial charge >= 0.3 is 0 Å². The number of aromatic nitrogens is 4. The van der Waals surface area contributed by atoms with Crippen LogP contribution in [0.5, 0.6) is 0 Å². The summed E-state index contributed by atoms with van der Waals surface area (Å²) in [6, 6.07) is 11.3. The van der Waals surface area contributed by atoms with Crippen molar-refractivity contribution in [3.63, 3.8) is 0 Å². The number of rotatable bonds is 4. The lowest BCUT2D eigenvalue weighted by Gasteiger charge is -2.35. The van der Waals surface area contributed by atoms with Crippen LogP contribution < -0.4 is 0 Å². The number of aromatic amines is 1. The van der Waals surface area contributed by atoms with E-state index in [2.05, 4.69) is 55.9 Å². The van der Waals surface area contributed by atoms with Crippen molar-refractivity contribution in [1.82, 2.24) is 25.5 Å². The maximum Gasteiger partial charge on any atom is 0.175 e. The van der Waals surface area contributed by atoms with Crippen LogP contribution in [0.3, 0.4) is 0 Å². The highest BCUT2D eigenvalue weighted by atomic mass is 15.5. The molecule has 2 heterocycles. The molecule has 0 radical (unpaired) electrons. The molecule has 1 aliphatic heterocycles. The summed E-state index contributed by atoms with van der Waals surface area (Å²) in [7, 11) is 0. The molecule has 1 aromatic heterocycles. The lowest BCUT2D eigenvalue weighted by molar-refractivity contribution is 0.150. The van der Waals surface area contributed by atoms with Gasteiger partial charge in [-0.15, -0.1) is 10.2 Å². The van der Waals surface area contributed by atoms with E-state index in [0.717, 1.165) is 25.3 Å². The smallest absolute Gasteiger partial charge is 0.175 e. The summed E-state index contributed by atoms with van der Waals surface area (Å²) >= 11 is 0. The first-order chi connectivity index (χ1) is 9.43. The molecule has 2 aromatic rings. The average molecular weight is 257 g/mol. The van der Waals surface area contributed by atoms with E-state index >= 15 is 0 Å². The molecule has 5 nitrogen and oxygen atoms in total. The Balaban J connectivity index is 1.67. The van der Waals surface area contributed by atoms with E-state index in [0.29, 0.717) is 6.04 Å². The third-order valence-electron chi connectivity index (χ3n) is 3.81. The van der Waals surface area contributed by atoms with Crippen molar-refractivity contribution < 1.29 is 0 Å². The van der Waals surface area contributed by atoms with Crippen molar-refractivity contribution in [3.05, 3.63) is 41.7 Å². The SMILES string of the molecule is c1ccc(C2CCCCN2CCc2nn[nH]n2)cc1. The monoisotopic (exact) mass is 257 g/mol. The normalized spacial score (nSPS) is 20.5. The van der Waals surface area contributed by atoms with Gasteiger partial charge in [0.05, 0.1) is 0 Å². The topological polar surface area (TPSA) is 57.7 Å². The summed E-state index contributed by atoms with van der Waals surface area (Å²) in [5, 5.41) is 14.2. The van der Waals surface area contributed by atoms with Gasteiger partial charge in [0.25, 0.3) is 0 Å². The van der Waals surface area contributed by atoms with E-state index in [1.54, 1.807) is 0 Å². The predicted octanol–water partition coefficient (Wildman–Crippen LogP) is 1.97. The summed E-state index contributed by atoms with van der Waals surface area (Å²) in [6.45, 7) is 2.16. The number of hydrogen-bond acceptors (Lipinski definition) is 4. The molecular formula is C14H19N5. The highest BCUT2D eigenvalue weighted by Gasteiger charge is 2.23. The molecule has 0 bridgehead atoms. The zero-order chi connectivity index (χ0) is 12.9. The first-order valence-corrected chi connectivity index (χ1v) is 6.95. The third kappa shape index (κ3) is 2.98. The van der Waals surface area contributed by atoms with Gasteiger partial charge in [0.15, 0.2) is 5.82 Å². The molecule has 1 N–H and O–H groups in total. The van der Waals surface area contributed by atoms with Crippen molar-refractivity contribution in [2.75, 3.05) is 13.1 Å². The Labute approximate surface area is 113 Å². The number of likely N-dealkylation sites (tertiary alicyclic amines) is 1. The summed E-state index contributed by atoms with van der Waals surface area (Å²) < 4.78 is 0. The van der Waals surface area contributed by atoms with Crippen molar-refractivity contribution in [2.24, 2.45) is 0 Å². The van der Waals surface area contributed by atoms with Gasteiger partial charge in [-0.05, 0) is 24.9 Å². The molecule has 100 valence electrons. The molecule has 3 rings (SSSR count). The highest BCUT2D eigenvalue weighted by molar-refractivity contribution is 5.19. The fourth-order valence-corrected chi connectivity index (χ4v) is 2.84. The van der Waals surface area contributed by atoms with Crippen LogP contribution in [0.25, 0.3) is 0 Å². The number of benzene rings is 1. The van der Waals surface area contributed by atoms with E-state index in [-0.39, 0.29) is 0 Å². The molecule has 1 unspecified atom stereocenters. The van der Waals surface area contributed by atoms with Crippen LogP contribution >= 0.6 is 0 Å². The Kier molecular flexibility index (Phi) is 3.83. The van der Waals surface area contributed by atoms with Crippen LogP contribution in [0.15, 0.2) is 30.3 Å². The molecule has 1 aromatic carbocycles. The van der Waals surface area contributed by atoms with Crippen LogP contribution in [0, 0.1) is 0 Å². The number of hydrogen-bond donors (Lipinski definition) is 1. The van der Waals surface area contributed by atoms with Gasteiger partial charge in [-0.1, -0.05) is 42.0 Å². The molecule has 0 saturated carbocycles. The molecule has 1 atom stereocenters. The highest BCUT2D eigenvalue weighted by Crippen LogP contribution is 2.30. The number of H-pyrrole nitrogens is 1. The molecule has 0 aliphatic carbocycles. The van der Waals surface area contributed by atoms with Gasteiger partial charge in [-0.2, -0.15) is 5.21 Å². The molecule has 1 fully saturated rings. The fourth-order valence-electron chi connectivity index (χ4n) is 2.84.